The summed E-state index contributed by atoms with van der Waals surface area (Å²) in [5, 5.41) is 6.36. The summed E-state index contributed by atoms with van der Waals surface area (Å²) in [7, 11) is 1.51. The molecule has 0 bridgehead atoms. The molecule has 0 unspecified atom stereocenters. The minimum absolute atomic E-state index is 0.183. The molecule has 2 aromatic rings. The molecule has 0 saturated heterocycles. The van der Waals surface area contributed by atoms with E-state index in [0.717, 1.165) is 15.7 Å². The van der Waals surface area contributed by atoms with Crippen LogP contribution >= 0.6 is 39.7 Å². The van der Waals surface area contributed by atoms with Gasteiger partial charge in [-0.3, -0.25) is 10.1 Å². The highest BCUT2D eigenvalue weighted by atomic mass is 79.9. The van der Waals surface area contributed by atoms with Crippen molar-refractivity contribution in [2.75, 3.05) is 12.4 Å². The van der Waals surface area contributed by atoms with E-state index in [9.17, 15) is 4.79 Å². The SMILES string of the molecule is COc1ccc(Br)cc1C(=O)NC(=S)Nc1cc(Cl)ccc1C. The van der Waals surface area contributed by atoms with Gasteiger partial charge < -0.3 is 10.1 Å². The summed E-state index contributed by atoms with van der Waals surface area (Å²) < 4.78 is 5.96. The van der Waals surface area contributed by atoms with E-state index in [2.05, 4.69) is 26.6 Å². The highest BCUT2D eigenvalue weighted by Gasteiger charge is 2.14. The summed E-state index contributed by atoms with van der Waals surface area (Å²) in [6.07, 6.45) is 0. The minimum atomic E-state index is -0.361. The van der Waals surface area contributed by atoms with Crippen LogP contribution in [0.1, 0.15) is 15.9 Å². The molecule has 2 aromatic carbocycles. The number of aryl methyl sites for hydroxylation is 1. The van der Waals surface area contributed by atoms with E-state index in [-0.39, 0.29) is 11.0 Å². The number of benzene rings is 2. The molecule has 0 aliphatic rings. The highest BCUT2D eigenvalue weighted by Crippen LogP contribution is 2.23. The van der Waals surface area contributed by atoms with Gasteiger partial charge in [0.25, 0.3) is 5.91 Å². The molecule has 2 rings (SSSR count). The predicted molar refractivity (Wildman–Crippen MR) is 101 cm³/mol. The van der Waals surface area contributed by atoms with Crippen LogP contribution in [0.5, 0.6) is 5.75 Å². The molecule has 7 heteroatoms. The molecule has 0 radical (unpaired) electrons. The number of amides is 1. The van der Waals surface area contributed by atoms with Crippen molar-refractivity contribution in [3.63, 3.8) is 0 Å². The van der Waals surface area contributed by atoms with E-state index in [1.807, 2.05) is 13.0 Å². The van der Waals surface area contributed by atoms with E-state index in [1.54, 1.807) is 30.3 Å². The van der Waals surface area contributed by atoms with Crippen molar-refractivity contribution in [1.29, 1.82) is 0 Å². The average molecular weight is 414 g/mol. The molecular weight excluding hydrogens is 400 g/mol. The first-order valence-corrected chi connectivity index (χ1v) is 8.20. The van der Waals surface area contributed by atoms with Gasteiger partial charge in [-0.1, -0.05) is 33.6 Å². The van der Waals surface area contributed by atoms with Crippen LogP contribution in [0.2, 0.25) is 5.02 Å². The Kier molecular flexibility index (Phi) is 5.98. The van der Waals surface area contributed by atoms with E-state index >= 15 is 0 Å². The number of halogens is 2. The first kappa shape index (κ1) is 17.7. The minimum Gasteiger partial charge on any atom is -0.496 e. The number of nitrogens with one attached hydrogen (secondary N) is 2. The third kappa shape index (κ3) is 4.67. The Hall–Kier alpha value is -1.63. The molecule has 0 saturated carbocycles. The Morgan fingerprint density at radius 3 is 2.70 bits per heavy atom. The van der Waals surface area contributed by atoms with Crippen molar-refractivity contribution in [3.05, 3.63) is 57.0 Å². The number of rotatable bonds is 3. The first-order valence-electron chi connectivity index (χ1n) is 6.62. The van der Waals surface area contributed by atoms with Gasteiger partial charge in [-0.15, -0.1) is 0 Å². The van der Waals surface area contributed by atoms with Crippen LogP contribution in [0.25, 0.3) is 0 Å². The van der Waals surface area contributed by atoms with Gasteiger partial charge in [0.1, 0.15) is 5.75 Å². The zero-order chi connectivity index (χ0) is 17.0. The van der Waals surface area contributed by atoms with Crippen LogP contribution in [-0.4, -0.2) is 18.1 Å². The Bertz CT molecular complexity index is 768. The summed E-state index contributed by atoms with van der Waals surface area (Å²) in [4.78, 5) is 12.4. The number of carbonyl (C=O) groups is 1. The molecule has 0 fully saturated rings. The summed E-state index contributed by atoms with van der Waals surface area (Å²) in [5.74, 6) is 0.104. The monoisotopic (exact) mass is 412 g/mol. The number of ether oxygens (including phenoxy) is 1. The van der Waals surface area contributed by atoms with Gasteiger partial charge in [-0.05, 0) is 55.0 Å². The number of methoxy groups -OCH3 is 1. The Morgan fingerprint density at radius 2 is 2.00 bits per heavy atom. The quantitative estimate of drug-likeness (QED) is 0.725. The maximum Gasteiger partial charge on any atom is 0.261 e. The molecule has 0 aliphatic carbocycles. The summed E-state index contributed by atoms with van der Waals surface area (Å²) >= 11 is 14.5. The van der Waals surface area contributed by atoms with E-state index in [1.165, 1.54) is 7.11 Å². The van der Waals surface area contributed by atoms with Crippen LogP contribution in [0, 0.1) is 6.92 Å². The topological polar surface area (TPSA) is 50.4 Å². The Labute approximate surface area is 153 Å². The maximum absolute atomic E-state index is 12.4. The van der Waals surface area contributed by atoms with Gasteiger partial charge in [0, 0.05) is 15.2 Å². The number of thiocarbonyl (C=S) groups is 1. The zero-order valence-electron chi connectivity index (χ0n) is 12.4. The standard InChI is InChI=1S/C16H14BrClN2O2S/c1-9-3-5-11(18)8-13(9)19-16(23)20-15(21)12-7-10(17)4-6-14(12)22-2/h3-8H,1-2H3,(H2,19,20,21,23). The van der Waals surface area contributed by atoms with Gasteiger partial charge in [0.15, 0.2) is 5.11 Å². The van der Waals surface area contributed by atoms with Gasteiger partial charge >= 0.3 is 0 Å². The maximum atomic E-state index is 12.4. The number of hydrogen-bond donors (Lipinski definition) is 2. The third-order valence-corrected chi connectivity index (χ3v) is 4.01. The molecule has 0 spiro atoms. The smallest absolute Gasteiger partial charge is 0.261 e. The van der Waals surface area contributed by atoms with Crippen LogP contribution in [0.4, 0.5) is 5.69 Å². The van der Waals surface area contributed by atoms with Gasteiger partial charge in [0.2, 0.25) is 0 Å². The van der Waals surface area contributed by atoms with Crippen LogP contribution in [-0.2, 0) is 0 Å². The largest absolute Gasteiger partial charge is 0.496 e. The van der Waals surface area contributed by atoms with E-state index in [0.29, 0.717) is 16.3 Å². The predicted octanol–water partition coefficient (Wildman–Crippen LogP) is 4.55. The molecule has 23 heavy (non-hydrogen) atoms. The number of hydrogen-bond acceptors (Lipinski definition) is 3. The van der Waals surface area contributed by atoms with Crippen LogP contribution in [0.15, 0.2) is 40.9 Å². The Balaban J connectivity index is 2.12. The molecule has 120 valence electrons. The molecule has 0 atom stereocenters. The van der Waals surface area contributed by atoms with Crippen molar-refractivity contribution in [2.45, 2.75) is 6.92 Å². The lowest BCUT2D eigenvalue weighted by molar-refractivity contribution is 0.0974. The molecule has 4 nitrogen and oxygen atoms in total. The van der Waals surface area contributed by atoms with Crippen molar-refractivity contribution < 1.29 is 9.53 Å². The van der Waals surface area contributed by atoms with Crippen molar-refractivity contribution in [3.8, 4) is 5.75 Å². The third-order valence-electron chi connectivity index (χ3n) is 3.08. The molecular formula is C16H14BrClN2O2S. The molecule has 0 aliphatic heterocycles. The van der Waals surface area contributed by atoms with Crippen LogP contribution in [0.3, 0.4) is 0 Å². The highest BCUT2D eigenvalue weighted by molar-refractivity contribution is 9.10. The van der Waals surface area contributed by atoms with Gasteiger partial charge in [-0.25, -0.2) is 0 Å². The zero-order valence-corrected chi connectivity index (χ0v) is 15.6. The lowest BCUT2D eigenvalue weighted by atomic mass is 10.2. The van der Waals surface area contributed by atoms with Crippen molar-refractivity contribution in [2.24, 2.45) is 0 Å². The molecule has 0 heterocycles. The first-order chi connectivity index (χ1) is 10.9. The lowest BCUT2D eigenvalue weighted by Gasteiger charge is -2.13. The fourth-order valence-electron chi connectivity index (χ4n) is 1.91. The van der Waals surface area contributed by atoms with Crippen LogP contribution < -0.4 is 15.4 Å². The fraction of sp³-hybridized carbons (Fsp3) is 0.125. The molecule has 0 aromatic heterocycles. The summed E-state index contributed by atoms with van der Waals surface area (Å²) in [5.41, 5.74) is 2.09. The summed E-state index contributed by atoms with van der Waals surface area (Å²) in [6, 6.07) is 10.6. The summed E-state index contributed by atoms with van der Waals surface area (Å²) in [6.45, 7) is 1.92. The van der Waals surface area contributed by atoms with Gasteiger partial charge in [-0.2, -0.15) is 0 Å². The normalized spacial score (nSPS) is 10.1. The fourth-order valence-corrected chi connectivity index (χ4v) is 2.65. The van der Waals surface area contributed by atoms with E-state index in [4.69, 9.17) is 28.6 Å². The molecule has 1 amide bonds. The average Bonchev–Trinajstić information content (AvgIpc) is 2.50. The Morgan fingerprint density at radius 1 is 1.26 bits per heavy atom. The van der Waals surface area contributed by atoms with Crippen molar-refractivity contribution in [1.82, 2.24) is 5.32 Å². The number of anilines is 1. The number of carbonyl (C=O) groups excluding carboxylic acids is 1. The molecule has 2 N–H and O–H groups in total. The lowest BCUT2D eigenvalue weighted by Crippen LogP contribution is -2.34. The second-order valence-corrected chi connectivity index (χ2v) is 6.47. The second kappa shape index (κ2) is 7.77. The van der Waals surface area contributed by atoms with Crippen molar-refractivity contribution >= 4 is 56.5 Å². The van der Waals surface area contributed by atoms with E-state index < -0.39 is 0 Å². The second-order valence-electron chi connectivity index (χ2n) is 4.71. The van der Waals surface area contributed by atoms with Gasteiger partial charge in [0.05, 0.1) is 12.7 Å².